The minimum Gasteiger partial charge on any atom is -0.357 e. The summed E-state index contributed by atoms with van der Waals surface area (Å²) in [6.07, 6.45) is 4.97. The third-order valence-corrected chi connectivity index (χ3v) is 7.56. The summed E-state index contributed by atoms with van der Waals surface area (Å²) in [7, 11) is -3.28. The van der Waals surface area contributed by atoms with Crippen LogP contribution in [-0.4, -0.2) is 37.6 Å². The van der Waals surface area contributed by atoms with Gasteiger partial charge < -0.3 is 10.2 Å². The van der Waals surface area contributed by atoms with Gasteiger partial charge in [-0.25, -0.2) is 13.4 Å². The number of nitrogens with zero attached hydrogens (tertiary/aromatic N) is 2. The van der Waals surface area contributed by atoms with Gasteiger partial charge in [-0.2, -0.15) is 0 Å². The van der Waals surface area contributed by atoms with Crippen molar-refractivity contribution in [2.45, 2.75) is 49.7 Å². The Morgan fingerprint density at radius 2 is 1.71 bits per heavy atom. The van der Waals surface area contributed by atoms with Crippen molar-refractivity contribution in [3.8, 4) is 0 Å². The van der Waals surface area contributed by atoms with Crippen LogP contribution in [0.25, 0.3) is 0 Å². The summed E-state index contributed by atoms with van der Waals surface area (Å²) in [6, 6.07) is 10.00. The van der Waals surface area contributed by atoms with E-state index < -0.39 is 9.84 Å². The van der Waals surface area contributed by atoms with Crippen LogP contribution in [0.3, 0.4) is 0 Å². The molecule has 7 heteroatoms. The lowest BCUT2D eigenvalue weighted by molar-refractivity contribution is 0.102. The number of nitrogens with one attached hydrogen (secondary N) is 1. The van der Waals surface area contributed by atoms with Crippen LogP contribution in [0.4, 0.5) is 11.5 Å². The Bertz CT molecular complexity index is 899. The number of carbonyl (C=O) groups excluding carboxylic acids is 1. The van der Waals surface area contributed by atoms with Crippen LogP contribution in [0.5, 0.6) is 0 Å². The number of pyridine rings is 1. The van der Waals surface area contributed by atoms with E-state index >= 15 is 0 Å². The minimum atomic E-state index is -3.28. The third kappa shape index (κ3) is 4.35. The van der Waals surface area contributed by atoms with Crippen LogP contribution in [0.15, 0.2) is 47.5 Å². The number of rotatable bonds is 7. The Morgan fingerprint density at radius 3 is 2.25 bits per heavy atom. The molecule has 0 bridgehead atoms. The van der Waals surface area contributed by atoms with Crippen molar-refractivity contribution >= 4 is 27.2 Å². The SMILES string of the molecule is CCN(CC)c1ccc(C(=O)Nc2ccc(S(=O)(=O)C3CCCC3)cc2)cn1. The molecule has 0 aliphatic heterocycles. The van der Waals surface area contributed by atoms with Gasteiger partial charge in [-0.3, -0.25) is 4.79 Å². The summed E-state index contributed by atoms with van der Waals surface area (Å²) in [4.78, 5) is 19.2. The molecule has 0 radical (unpaired) electrons. The Labute approximate surface area is 166 Å². The van der Waals surface area contributed by atoms with E-state index in [-0.39, 0.29) is 11.2 Å². The quantitative estimate of drug-likeness (QED) is 0.761. The molecule has 1 aliphatic carbocycles. The molecule has 1 heterocycles. The highest BCUT2D eigenvalue weighted by atomic mass is 32.2. The highest BCUT2D eigenvalue weighted by Crippen LogP contribution is 2.30. The van der Waals surface area contributed by atoms with Gasteiger partial charge in [-0.15, -0.1) is 0 Å². The first-order chi connectivity index (χ1) is 13.5. The van der Waals surface area contributed by atoms with Crippen molar-refractivity contribution in [3.05, 3.63) is 48.2 Å². The summed E-state index contributed by atoms with van der Waals surface area (Å²) in [5, 5.41) is 2.52. The summed E-state index contributed by atoms with van der Waals surface area (Å²) < 4.78 is 25.3. The number of hydrogen-bond acceptors (Lipinski definition) is 5. The molecule has 2 aromatic rings. The maximum absolute atomic E-state index is 12.6. The Balaban J connectivity index is 1.67. The van der Waals surface area contributed by atoms with Gasteiger partial charge >= 0.3 is 0 Å². The van der Waals surface area contributed by atoms with Crippen molar-refractivity contribution in [1.29, 1.82) is 0 Å². The molecule has 0 spiro atoms. The molecule has 0 atom stereocenters. The first-order valence-electron chi connectivity index (χ1n) is 9.82. The normalized spacial score (nSPS) is 14.8. The van der Waals surface area contributed by atoms with Gasteiger partial charge in [0.25, 0.3) is 5.91 Å². The average molecular weight is 402 g/mol. The first-order valence-corrected chi connectivity index (χ1v) is 11.4. The molecule has 1 amide bonds. The lowest BCUT2D eigenvalue weighted by Gasteiger charge is -2.19. The molecule has 1 saturated carbocycles. The number of amides is 1. The molecule has 1 aromatic carbocycles. The van der Waals surface area contributed by atoms with E-state index in [2.05, 4.69) is 29.0 Å². The number of anilines is 2. The van der Waals surface area contributed by atoms with Gasteiger partial charge in [0.15, 0.2) is 9.84 Å². The number of benzene rings is 1. The summed E-state index contributed by atoms with van der Waals surface area (Å²) >= 11 is 0. The van der Waals surface area contributed by atoms with E-state index in [1.807, 2.05) is 6.07 Å². The van der Waals surface area contributed by atoms with E-state index in [0.29, 0.717) is 16.1 Å². The fourth-order valence-electron chi connectivity index (χ4n) is 3.58. The van der Waals surface area contributed by atoms with E-state index in [4.69, 9.17) is 0 Å². The van der Waals surface area contributed by atoms with E-state index in [1.165, 1.54) is 0 Å². The fraction of sp³-hybridized carbons (Fsp3) is 0.429. The topological polar surface area (TPSA) is 79.4 Å². The van der Waals surface area contributed by atoms with E-state index in [1.54, 1.807) is 36.5 Å². The minimum absolute atomic E-state index is 0.273. The lowest BCUT2D eigenvalue weighted by Crippen LogP contribution is -2.23. The Morgan fingerprint density at radius 1 is 1.07 bits per heavy atom. The number of aromatic nitrogens is 1. The predicted molar refractivity (Wildman–Crippen MR) is 112 cm³/mol. The Hall–Kier alpha value is -2.41. The second-order valence-corrected chi connectivity index (χ2v) is 9.24. The molecule has 0 saturated heterocycles. The summed E-state index contributed by atoms with van der Waals surface area (Å²) in [6.45, 7) is 5.82. The molecular weight excluding hydrogens is 374 g/mol. The molecule has 1 N–H and O–H groups in total. The largest absolute Gasteiger partial charge is 0.357 e. The average Bonchev–Trinajstić information content (AvgIpc) is 3.26. The van der Waals surface area contributed by atoms with Gasteiger partial charge in [-0.05, 0) is 63.1 Å². The molecule has 0 unspecified atom stereocenters. The lowest BCUT2D eigenvalue weighted by atomic mass is 10.2. The number of hydrogen-bond donors (Lipinski definition) is 1. The highest BCUT2D eigenvalue weighted by molar-refractivity contribution is 7.92. The van der Waals surface area contributed by atoms with Gasteiger partial charge in [-0.1, -0.05) is 12.8 Å². The van der Waals surface area contributed by atoms with Crippen LogP contribution in [0, 0.1) is 0 Å². The van der Waals surface area contributed by atoms with E-state index in [9.17, 15) is 13.2 Å². The maximum atomic E-state index is 12.6. The summed E-state index contributed by atoms with van der Waals surface area (Å²) in [5.74, 6) is 0.563. The number of sulfone groups is 1. The van der Waals surface area contributed by atoms with Gasteiger partial charge in [0, 0.05) is 25.0 Å². The second-order valence-electron chi connectivity index (χ2n) is 7.01. The standard InChI is InChI=1S/C21H27N3O3S/c1-3-24(4-2)20-14-9-16(15-22-20)21(25)23-17-10-12-19(13-11-17)28(26,27)18-7-5-6-8-18/h9-15,18H,3-8H2,1-2H3,(H,23,25). The van der Waals surface area contributed by atoms with Gasteiger partial charge in [0.2, 0.25) is 0 Å². The maximum Gasteiger partial charge on any atom is 0.257 e. The second kappa shape index (κ2) is 8.73. The molecule has 1 aliphatic rings. The zero-order valence-corrected chi connectivity index (χ0v) is 17.2. The molecule has 3 rings (SSSR count). The van der Waals surface area contributed by atoms with Crippen molar-refractivity contribution in [2.75, 3.05) is 23.3 Å². The smallest absolute Gasteiger partial charge is 0.257 e. The van der Waals surface area contributed by atoms with Crippen molar-refractivity contribution in [3.63, 3.8) is 0 Å². The molecule has 1 fully saturated rings. The highest BCUT2D eigenvalue weighted by Gasteiger charge is 2.30. The monoisotopic (exact) mass is 401 g/mol. The third-order valence-electron chi connectivity index (χ3n) is 5.28. The number of carbonyl (C=O) groups is 1. The zero-order valence-electron chi connectivity index (χ0n) is 16.4. The molecule has 150 valence electrons. The van der Waals surface area contributed by atoms with Crippen LogP contribution in [0.2, 0.25) is 0 Å². The van der Waals surface area contributed by atoms with Crippen LogP contribution in [-0.2, 0) is 9.84 Å². The molecule has 6 nitrogen and oxygen atoms in total. The van der Waals surface area contributed by atoms with Crippen LogP contribution < -0.4 is 10.2 Å². The van der Waals surface area contributed by atoms with Crippen molar-refractivity contribution in [2.24, 2.45) is 0 Å². The predicted octanol–water partition coefficient (Wildman–Crippen LogP) is 3.90. The van der Waals surface area contributed by atoms with E-state index in [0.717, 1.165) is 44.6 Å². The molecular formula is C21H27N3O3S. The van der Waals surface area contributed by atoms with Crippen LogP contribution >= 0.6 is 0 Å². The molecule has 28 heavy (non-hydrogen) atoms. The van der Waals surface area contributed by atoms with Gasteiger partial charge in [0.05, 0.1) is 15.7 Å². The summed E-state index contributed by atoms with van der Waals surface area (Å²) in [5.41, 5.74) is 1.02. The Kier molecular flexibility index (Phi) is 6.34. The van der Waals surface area contributed by atoms with Gasteiger partial charge in [0.1, 0.15) is 5.82 Å². The zero-order chi connectivity index (χ0) is 20.1. The van der Waals surface area contributed by atoms with Crippen molar-refractivity contribution in [1.82, 2.24) is 4.98 Å². The fourth-order valence-corrected chi connectivity index (χ4v) is 5.43. The molecule has 1 aromatic heterocycles. The van der Waals surface area contributed by atoms with Crippen LogP contribution in [0.1, 0.15) is 49.9 Å². The first kappa shape index (κ1) is 20.3. The van der Waals surface area contributed by atoms with Crippen molar-refractivity contribution < 1.29 is 13.2 Å².